The van der Waals surface area contributed by atoms with Crippen molar-refractivity contribution in [1.82, 2.24) is 30.0 Å². The predicted molar refractivity (Wildman–Crippen MR) is 130 cm³/mol. The molecule has 1 atom stereocenters. The van der Waals surface area contributed by atoms with Crippen molar-refractivity contribution in [3.05, 3.63) is 82.5 Å². The first-order valence-corrected chi connectivity index (χ1v) is 11.6. The number of hydrogen-bond donors (Lipinski definition) is 2. The summed E-state index contributed by atoms with van der Waals surface area (Å²) in [5.74, 6) is 2.06. The third-order valence-corrected chi connectivity index (χ3v) is 6.31. The van der Waals surface area contributed by atoms with Gasteiger partial charge in [0.1, 0.15) is 17.8 Å². The summed E-state index contributed by atoms with van der Waals surface area (Å²) in [7, 11) is 1.89. The van der Waals surface area contributed by atoms with Gasteiger partial charge in [-0.25, -0.2) is 9.97 Å². The molecule has 1 aliphatic rings. The Morgan fingerprint density at radius 2 is 2.09 bits per heavy atom. The first kappa shape index (κ1) is 22.0. The van der Waals surface area contributed by atoms with Crippen molar-refractivity contribution in [3.8, 4) is 17.3 Å². The molecule has 3 heterocycles. The number of ether oxygens (including phenoxy) is 1. The molecule has 4 aromatic rings. The van der Waals surface area contributed by atoms with Crippen molar-refractivity contribution in [2.75, 3.05) is 11.9 Å². The number of anilines is 1. The number of para-hydroxylation sites is 1. The van der Waals surface area contributed by atoms with Gasteiger partial charge in [0.2, 0.25) is 0 Å². The first-order valence-electron chi connectivity index (χ1n) is 10.8. The molecule has 0 radical (unpaired) electrons. The highest BCUT2D eigenvalue weighted by Gasteiger charge is 2.25. The Morgan fingerprint density at radius 1 is 1.21 bits per heavy atom. The largest absolute Gasteiger partial charge is 0.492 e. The van der Waals surface area contributed by atoms with Crippen LogP contribution < -0.4 is 15.4 Å². The van der Waals surface area contributed by atoms with Crippen LogP contribution in [0, 0.1) is 0 Å². The zero-order chi connectivity index (χ0) is 23.5. The van der Waals surface area contributed by atoms with Crippen LogP contribution in [0.1, 0.15) is 34.2 Å². The molecule has 172 valence electrons. The van der Waals surface area contributed by atoms with E-state index < -0.39 is 0 Å². The zero-order valence-corrected chi connectivity index (χ0v) is 20.0. The lowest BCUT2D eigenvalue weighted by atomic mass is 10.00. The van der Waals surface area contributed by atoms with E-state index in [2.05, 4.69) is 46.7 Å². The van der Waals surface area contributed by atoms with Crippen LogP contribution in [0.5, 0.6) is 5.75 Å². The minimum atomic E-state index is -0.133. The van der Waals surface area contributed by atoms with Gasteiger partial charge in [0.05, 0.1) is 23.7 Å². The van der Waals surface area contributed by atoms with Gasteiger partial charge in [-0.15, -0.1) is 10.2 Å². The third kappa shape index (κ3) is 4.49. The summed E-state index contributed by atoms with van der Waals surface area (Å²) in [6.45, 7) is 0.998. The van der Waals surface area contributed by atoms with E-state index in [1.807, 2.05) is 48.0 Å². The number of hydrogen-bond acceptors (Lipinski definition) is 7. The molecule has 0 unspecified atom stereocenters. The Balaban J connectivity index is 1.27. The van der Waals surface area contributed by atoms with Gasteiger partial charge >= 0.3 is 0 Å². The fourth-order valence-electron chi connectivity index (χ4n) is 3.89. The van der Waals surface area contributed by atoms with Crippen LogP contribution in [0.15, 0.2) is 65.5 Å². The van der Waals surface area contributed by atoms with Gasteiger partial charge in [-0.2, -0.15) is 0 Å². The SMILES string of the molecule is Cn1c(CNc2cccc(C(=O)N[C@H]3CCOc4c(Br)cccc43)c2)nnc1-c1ccncn1. The topological polar surface area (TPSA) is 107 Å². The number of carbonyl (C=O) groups excluding carboxylic acids is 1. The molecule has 2 N–H and O–H groups in total. The molecule has 9 nitrogen and oxygen atoms in total. The molecule has 2 aromatic heterocycles. The minimum Gasteiger partial charge on any atom is -0.492 e. The summed E-state index contributed by atoms with van der Waals surface area (Å²) in [5, 5.41) is 15.0. The van der Waals surface area contributed by atoms with E-state index in [-0.39, 0.29) is 11.9 Å². The smallest absolute Gasteiger partial charge is 0.251 e. The molecule has 5 rings (SSSR count). The molecular formula is C24H22BrN7O2. The van der Waals surface area contributed by atoms with E-state index in [0.29, 0.717) is 36.7 Å². The Kier molecular flexibility index (Phi) is 6.22. The second-order valence-corrected chi connectivity index (χ2v) is 8.70. The number of fused-ring (bicyclic) bond motifs is 1. The van der Waals surface area contributed by atoms with Crippen LogP contribution in [0.3, 0.4) is 0 Å². The van der Waals surface area contributed by atoms with Crippen LogP contribution in [-0.2, 0) is 13.6 Å². The zero-order valence-electron chi connectivity index (χ0n) is 18.4. The average molecular weight is 520 g/mol. The van der Waals surface area contributed by atoms with E-state index >= 15 is 0 Å². The number of rotatable bonds is 6. The van der Waals surface area contributed by atoms with Crippen LogP contribution in [0.2, 0.25) is 0 Å². The lowest BCUT2D eigenvalue weighted by molar-refractivity contribution is 0.0924. The Bertz CT molecular complexity index is 1330. The summed E-state index contributed by atoms with van der Waals surface area (Å²) < 4.78 is 8.55. The summed E-state index contributed by atoms with van der Waals surface area (Å²) >= 11 is 3.52. The van der Waals surface area contributed by atoms with Gasteiger partial charge < -0.3 is 19.9 Å². The number of amides is 1. The lowest BCUT2D eigenvalue weighted by Crippen LogP contribution is -2.32. The Labute approximate surface area is 204 Å². The van der Waals surface area contributed by atoms with E-state index in [0.717, 1.165) is 27.3 Å². The molecular weight excluding hydrogens is 498 g/mol. The predicted octanol–water partition coefficient (Wildman–Crippen LogP) is 3.90. The average Bonchev–Trinajstić information content (AvgIpc) is 3.24. The molecule has 0 saturated heterocycles. The summed E-state index contributed by atoms with van der Waals surface area (Å²) in [4.78, 5) is 21.2. The molecule has 0 saturated carbocycles. The third-order valence-electron chi connectivity index (χ3n) is 5.68. The first-order chi connectivity index (χ1) is 16.6. The maximum Gasteiger partial charge on any atom is 0.251 e. The summed E-state index contributed by atoms with van der Waals surface area (Å²) in [5.41, 5.74) is 3.07. The maximum atomic E-state index is 13.0. The van der Waals surface area contributed by atoms with Crippen LogP contribution >= 0.6 is 15.9 Å². The van der Waals surface area contributed by atoms with Crippen LogP contribution in [-0.4, -0.2) is 37.2 Å². The fourth-order valence-corrected chi connectivity index (χ4v) is 4.39. The van der Waals surface area contributed by atoms with Gasteiger partial charge in [-0.05, 0) is 46.3 Å². The molecule has 0 fully saturated rings. The van der Waals surface area contributed by atoms with Gasteiger partial charge in [-0.3, -0.25) is 4.79 Å². The minimum absolute atomic E-state index is 0.107. The molecule has 2 aromatic carbocycles. The molecule has 10 heteroatoms. The van der Waals surface area contributed by atoms with Crippen molar-refractivity contribution >= 4 is 27.5 Å². The number of carbonyl (C=O) groups is 1. The van der Waals surface area contributed by atoms with E-state index in [1.54, 1.807) is 18.3 Å². The Morgan fingerprint density at radius 3 is 2.94 bits per heavy atom. The van der Waals surface area contributed by atoms with Gasteiger partial charge in [-0.1, -0.05) is 18.2 Å². The lowest BCUT2D eigenvalue weighted by Gasteiger charge is -2.27. The van der Waals surface area contributed by atoms with Gasteiger partial charge in [0.15, 0.2) is 11.6 Å². The van der Waals surface area contributed by atoms with Gasteiger partial charge in [0, 0.05) is 36.5 Å². The van der Waals surface area contributed by atoms with Crippen molar-refractivity contribution in [2.45, 2.75) is 19.0 Å². The maximum absolute atomic E-state index is 13.0. The van der Waals surface area contributed by atoms with Crippen molar-refractivity contribution in [1.29, 1.82) is 0 Å². The standard InChI is InChI=1S/C24H22BrN7O2/c1-32-21(30-31-23(32)20-8-10-26-14-28-20)13-27-16-5-2-4-15(12-16)24(33)29-19-9-11-34-22-17(19)6-3-7-18(22)25/h2-8,10,12,14,19,27H,9,11,13H2,1H3,(H,29,33)/t19-/m0/s1. The highest BCUT2D eigenvalue weighted by Crippen LogP contribution is 2.37. The second-order valence-electron chi connectivity index (χ2n) is 7.85. The van der Waals surface area contributed by atoms with Gasteiger partial charge in [0.25, 0.3) is 5.91 Å². The quantitative estimate of drug-likeness (QED) is 0.397. The van der Waals surface area contributed by atoms with Crippen molar-refractivity contribution in [2.24, 2.45) is 7.05 Å². The highest BCUT2D eigenvalue weighted by atomic mass is 79.9. The molecule has 1 amide bonds. The monoisotopic (exact) mass is 519 g/mol. The van der Waals surface area contributed by atoms with E-state index in [9.17, 15) is 4.79 Å². The molecule has 34 heavy (non-hydrogen) atoms. The normalized spacial score (nSPS) is 14.7. The number of nitrogens with zero attached hydrogens (tertiary/aromatic N) is 5. The van der Waals surface area contributed by atoms with E-state index in [4.69, 9.17) is 4.74 Å². The second kappa shape index (κ2) is 9.60. The number of benzene rings is 2. The number of nitrogens with one attached hydrogen (secondary N) is 2. The molecule has 0 spiro atoms. The fraction of sp³-hybridized carbons (Fsp3) is 0.208. The van der Waals surface area contributed by atoms with Crippen molar-refractivity contribution in [3.63, 3.8) is 0 Å². The van der Waals surface area contributed by atoms with Crippen LogP contribution in [0.25, 0.3) is 11.5 Å². The highest BCUT2D eigenvalue weighted by molar-refractivity contribution is 9.10. The Hall–Kier alpha value is -3.79. The number of aromatic nitrogens is 5. The molecule has 0 aliphatic carbocycles. The summed E-state index contributed by atoms with van der Waals surface area (Å²) in [6, 6.07) is 15.0. The molecule has 0 bridgehead atoms. The summed E-state index contributed by atoms with van der Waals surface area (Å²) in [6.07, 6.45) is 3.87. The van der Waals surface area contributed by atoms with Crippen molar-refractivity contribution < 1.29 is 9.53 Å². The van der Waals surface area contributed by atoms with Crippen LogP contribution in [0.4, 0.5) is 5.69 Å². The molecule has 1 aliphatic heterocycles. The number of halogens is 1. The van der Waals surface area contributed by atoms with E-state index in [1.165, 1.54) is 6.33 Å².